The maximum absolute atomic E-state index is 12.6. The summed E-state index contributed by atoms with van der Waals surface area (Å²) in [6, 6.07) is 6.30. The summed E-state index contributed by atoms with van der Waals surface area (Å²) in [5, 5.41) is 5.77. The van der Waals surface area contributed by atoms with E-state index < -0.39 is 15.7 Å². The molecule has 0 bridgehead atoms. The van der Waals surface area contributed by atoms with Crippen LogP contribution < -0.4 is 20.1 Å². The number of methoxy groups -OCH3 is 2. The molecule has 1 aromatic heterocycles. The third-order valence-electron chi connectivity index (χ3n) is 4.14. The van der Waals surface area contributed by atoms with Crippen LogP contribution in [0, 0.1) is 0 Å². The fourth-order valence-electron chi connectivity index (χ4n) is 2.78. The largest absolute Gasteiger partial charge is 0.497 e. The summed E-state index contributed by atoms with van der Waals surface area (Å²) in [6.07, 6.45) is 1.76. The summed E-state index contributed by atoms with van der Waals surface area (Å²) >= 11 is 0. The molecule has 0 radical (unpaired) electrons. The van der Waals surface area contributed by atoms with Gasteiger partial charge in [0, 0.05) is 18.2 Å². The average Bonchev–Trinajstić information content (AvgIpc) is 3.00. The maximum atomic E-state index is 12.6. The van der Waals surface area contributed by atoms with Gasteiger partial charge in [-0.2, -0.15) is 0 Å². The second-order valence-electron chi connectivity index (χ2n) is 6.05. The van der Waals surface area contributed by atoms with Gasteiger partial charge < -0.3 is 20.1 Å². The van der Waals surface area contributed by atoms with Crippen LogP contribution in [0.4, 0.5) is 11.5 Å². The van der Waals surface area contributed by atoms with Crippen molar-refractivity contribution in [3.05, 3.63) is 36.3 Å². The number of aromatic nitrogens is 2. The highest BCUT2D eigenvalue weighted by molar-refractivity contribution is 7.91. The lowest BCUT2D eigenvalue weighted by atomic mass is 10.2. The molecule has 1 amide bonds. The average molecular weight is 392 g/mol. The molecular formula is C17H20N4O5S. The molecule has 27 heavy (non-hydrogen) atoms. The zero-order chi connectivity index (χ0) is 19.4. The number of benzene rings is 1. The van der Waals surface area contributed by atoms with Crippen LogP contribution >= 0.6 is 0 Å². The number of rotatable bonds is 6. The smallest absolute Gasteiger partial charge is 0.274 e. The van der Waals surface area contributed by atoms with Gasteiger partial charge in [-0.3, -0.25) is 4.79 Å². The van der Waals surface area contributed by atoms with E-state index in [-0.39, 0.29) is 23.2 Å². The van der Waals surface area contributed by atoms with Crippen LogP contribution in [0.2, 0.25) is 0 Å². The summed E-state index contributed by atoms with van der Waals surface area (Å²) in [4.78, 5) is 20.6. The molecular weight excluding hydrogens is 372 g/mol. The summed E-state index contributed by atoms with van der Waals surface area (Å²) in [7, 11) is 0.0186. The summed E-state index contributed by atoms with van der Waals surface area (Å²) < 4.78 is 33.5. The number of hydrogen-bond acceptors (Lipinski definition) is 8. The van der Waals surface area contributed by atoms with Crippen molar-refractivity contribution in [3.63, 3.8) is 0 Å². The van der Waals surface area contributed by atoms with Gasteiger partial charge in [0.05, 0.1) is 31.4 Å². The van der Waals surface area contributed by atoms with Gasteiger partial charge in [0.15, 0.2) is 9.84 Å². The number of anilines is 2. The van der Waals surface area contributed by atoms with Gasteiger partial charge in [-0.25, -0.2) is 18.4 Å². The van der Waals surface area contributed by atoms with E-state index in [4.69, 9.17) is 9.47 Å². The molecule has 9 nitrogen and oxygen atoms in total. The molecule has 1 fully saturated rings. The molecule has 3 rings (SSSR count). The van der Waals surface area contributed by atoms with Crippen LogP contribution in [-0.4, -0.2) is 56.1 Å². The molecule has 1 saturated heterocycles. The van der Waals surface area contributed by atoms with Crippen molar-refractivity contribution in [2.45, 2.75) is 12.5 Å². The van der Waals surface area contributed by atoms with Gasteiger partial charge in [-0.15, -0.1) is 0 Å². The molecule has 2 heterocycles. The molecule has 0 saturated carbocycles. The van der Waals surface area contributed by atoms with Crippen molar-refractivity contribution in [1.29, 1.82) is 0 Å². The molecule has 1 aliphatic heterocycles. The molecule has 1 atom stereocenters. The van der Waals surface area contributed by atoms with Crippen LogP contribution in [0.1, 0.15) is 16.9 Å². The Kier molecular flexibility index (Phi) is 5.45. The Balaban J connectivity index is 1.74. The van der Waals surface area contributed by atoms with E-state index in [1.54, 1.807) is 18.2 Å². The standard InChI is InChI=1S/C17H20N4O5S/c1-25-12-3-4-15(26-2)13(7-12)21-17(22)14-8-16(19-10-18-14)20-11-5-6-27(23,24)9-11/h3-4,7-8,10-11H,5-6,9H2,1-2H3,(H,21,22)(H,18,19,20). The van der Waals surface area contributed by atoms with Crippen LogP contribution in [0.3, 0.4) is 0 Å². The highest BCUT2D eigenvalue weighted by Gasteiger charge is 2.28. The molecule has 0 aliphatic carbocycles. The van der Waals surface area contributed by atoms with Gasteiger partial charge >= 0.3 is 0 Å². The highest BCUT2D eigenvalue weighted by atomic mass is 32.2. The lowest BCUT2D eigenvalue weighted by molar-refractivity contribution is 0.102. The minimum atomic E-state index is -3.01. The van der Waals surface area contributed by atoms with Gasteiger partial charge in [0.25, 0.3) is 5.91 Å². The molecule has 1 unspecified atom stereocenters. The van der Waals surface area contributed by atoms with Crippen molar-refractivity contribution in [3.8, 4) is 11.5 Å². The molecule has 0 spiro atoms. The van der Waals surface area contributed by atoms with Gasteiger partial charge in [0.2, 0.25) is 0 Å². The minimum Gasteiger partial charge on any atom is -0.497 e. The number of sulfone groups is 1. The lowest BCUT2D eigenvalue weighted by Gasteiger charge is -2.13. The fourth-order valence-corrected chi connectivity index (χ4v) is 4.45. The number of amides is 1. The van der Waals surface area contributed by atoms with Crippen LogP contribution in [0.5, 0.6) is 11.5 Å². The first kappa shape index (κ1) is 18.9. The molecule has 2 aromatic rings. The summed E-state index contributed by atoms with van der Waals surface area (Å²) in [5.74, 6) is 1.20. The third-order valence-corrected chi connectivity index (χ3v) is 5.91. The van der Waals surface area contributed by atoms with E-state index in [2.05, 4.69) is 20.6 Å². The first-order valence-electron chi connectivity index (χ1n) is 8.22. The van der Waals surface area contributed by atoms with Crippen molar-refractivity contribution < 1.29 is 22.7 Å². The predicted molar refractivity (Wildman–Crippen MR) is 100 cm³/mol. The first-order chi connectivity index (χ1) is 12.9. The van der Waals surface area contributed by atoms with Crippen LogP contribution in [0.25, 0.3) is 0 Å². The normalized spacial score (nSPS) is 17.9. The first-order valence-corrected chi connectivity index (χ1v) is 10.0. The fraction of sp³-hybridized carbons (Fsp3) is 0.353. The van der Waals surface area contributed by atoms with Crippen LogP contribution in [-0.2, 0) is 9.84 Å². The number of carbonyl (C=O) groups excluding carboxylic acids is 1. The monoisotopic (exact) mass is 392 g/mol. The second-order valence-corrected chi connectivity index (χ2v) is 8.28. The van der Waals surface area contributed by atoms with Gasteiger partial charge in [-0.05, 0) is 18.6 Å². The van der Waals surface area contributed by atoms with Crippen molar-refractivity contribution in [2.24, 2.45) is 0 Å². The van der Waals surface area contributed by atoms with E-state index >= 15 is 0 Å². The Morgan fingerprint density at radius 3 is 2.67 bits per heavy atom. The number of nitrogens with zero attached hydrogens (tertiary/aromatic N) is 2. The van der Waals surface area contributed by atoms with E-state index in [1.165, 1.54) is 26.6 Å². The molecule has 144 valence electrons. The van der Waals surface area contributed by atoms with Crippen molar-refractivity contribution in [2.75, 3.05) is 36.4 Å². The summed E-state index contributed by atoms with van der Waals surface area (Å²) in [5.41, 5.74) is 0.579. The predicted octanol–water partition coefficient (Wildman–Crippen LogP) is 1.35. The Morgan fingerprint density at radius 2 is 2.00 bits per heavy atom. The second kappa shape index (κ2) is 7.78. The zero-order valence-electron chi connectivity index (χ0n) is 14.9. The van der Waals surface area contributed by atoms with Gasteiger partial charge in [0.1, 0.15) is 29.3 Å². The molecule has 1 aliphatic rings. The van der Waals surface area contributed by atoms with Crippen molar-refractivity contribution in [1.82, 2.24) is 9.97 Å². The third kappa shape index (κ3) is 4.64. The lowest BCUT2D eigenvalue weighted by Crippen LogP contribution is -2.22. The number of hydrogen-bond donors (Lipinski definition) is 2. The summed E-state index contributed by atoms with van der Waals surface area (Å²) in [6.45, 7) is 0. The number of carbonyl (C=O) groups is 1. The Bertz CT molecular complexity index is 948. The topological polar surface area (TPSA) is 120 Å². The molecule has 1 aromatic carbocycles. The number of ether oxygens (including phenoxy) is 2. The van der Waals surface area contributed by atoms with Crippen LogP contribution in [0.15, 0.2) is 30.6 Å². The van der Waals surface area contributed by atoms with E-state index in [0.717, 1.165) is 0 Å². The van der Waals surface area contributed by atoms with E-state index in [1.807, 2.05) is 0 Å². The molecule has 10 heteroatoms. The van der Waals surface area contributed by atoms with Crippen molar-refractivity contribution >= 4 is 27.2 Å². The minimum absolute atomic E-state index is 0.0551. The highest BCUT2D eigenvalue weighted by Crippen LogP contribution is 2.29. The Morgan fingerprint density at radius 1 is 1.19 bits per heavy atom. The zero-order valence-corrected chi connectivity index (χ0v) is 15.7. The Labute approximate surface area is 157 Å². The number of nitrogens with one attached hydrogen (secondary N) is 2. The van der Waals surface area contributed by atoms with Gasteiger partial charge in [-0.1, -0.05) is 0 Å². The quantitative estimate of drug-likeness (QED) is 0.756. The SMILES string of the molecule is COc1ccc(OC)c(NC(=O)c2cc(NC3CCS(=O)(=O)C3)ncn2)c1. The van der Waals surface area contributed by atoms with E-state index in [0.29, 0.717) is 29.4 Å². The maximum Gasteiger partial charge on any atom is 0.274 e. The van der Waals surface area contributed by atoms with E-state index in [9.17, 15) is 13.2 Å². The Hall–Kier alpha value is -2.88. The molecule has 2 N–H and O–H groups in total.